The third kappa shape index (κ3) is 3.62. The Labute approximate surface area is 168 Å². The largest absolute Gasteiger partial charge is 0.493 e. The van der Waals surface area contributed by atoms with Gasteiger partial charge in [-0.15, -0.1) is 11.3 Å². The molecule has 1 N–H and O–H groups in total. The van der Waals surface area contributed by atoms with Crippen LogP contribution in [0.3, 0.4) is 0 Å². The SMILES string of the molecule is COc1cc(-c2nc(Nc3ccc(Cl)cc3)sc2C)cc2c1OC(C)(C)C2. The Kier molecular flexibility index (Phi) is 4.52. The van der Waals surface area contributed by atoms with E-state index in [-0.39, 0.29) is 5.60 Å². The summed E-state index contributed by atoms with van der Waals surface area (Å²) in [5.41, 5.74) is 3.91. The van der Waals surface area contributed by atoms with Crippen LogP contribution in [0, 0.1) is 6.92 Å². The average Bonchev–Trinajstić information content (AvgIpc) is 3.13. The molecule has 0 bridgehead atoms. The molecule has 0 spiro atoms. The molecule has 0 atom stereocenters. The third-order valence-corrected chi connectivity index (χ3v) is 5.65. The van der Waals surface area contributed by atoms with Gasteiger partial charge in [0.25, 0.3) is 0 Å². The highest BCUT2D eigenvalue weighted by molar-refractivity contribution is 7.16. The molecule has 1 aliphatic heterocycles. The number of benzene rings is 2. The zero-order valence-corrected chi connectivity index (χ0v) is 17.3. The Morgan fingerprint density at radius 2 is 1.96 bits per heavy atom. The Bertz CT molecular complexity index is 996. The molecule has 3 aromatic rings. The fourth-order valence-electron chi connectivity index (χ4n) is 3.34. The maximum absolute atomic E-state index is 6.07. The van der Waals surface area contributed by atoms with E-state index in [4.69, 9.17) is 26.1 Å². The zero-order chi connectivity index (χ0) is 19.2. The van der Waals surface area contributed by atoms with E-state index in [0.29, 0.717) is 5.02 Å². The van der Waals surface area contributed by atoms with E-state index in [2.05, 4.69) is 32.2 Å². The third-order valence-electron chi connectivity index (χ3n) is 4.51. The maximum Gasteiger partial charge on any atom is 0.187 e. The number of aromatic nitrogens is 1. The molecule has 2 heterocycles. The number of nitrogens with one attached hydrogen (secondary N) is 1. The summed E-state index contributed by atoms with van der Waals surface area (Å²) in [6.07, 6.45) is 0.853. The number of aryl methyl sites for hydroxylation is 1. The second kappa shape index (κ2) is 6.73. The lowest BCUT2D eigenvalue weighted by Crippen LogP contribution is -2.24. The highest BCUT2D eigenvalue weighted by Crippen LogP contribution is 2.45. The fraction of sp³-hybridized carbons (Fsp3) is 0.286. The quantitative estimate of drug-likeness (QED) is 0.563. The summed E-state index contributed by atoms with van der Waals surface area (Å²) in [5.74, 6) is 1.60. The van der Waals surface area contributed by atoms with Crippen molar-refractivity contribution < 1.29 is 9.47 Å². The number of rotatable bonds is 4. The van der Waals surface area contributed by atoms with Crippen molar-refractivity contribution in [1.82, 2.24) is 4.98 Å². The predicted octanol–water partition coefficient (Wildman–Crippen LogP) is 6.24. The van der Waals surface area contributed by atoms with E-state index in [9.17, 15) is 0 Å². The van der Waals surface area contributed by atoms with Crippen molar-refractivity contribution in [1.29, 1.82) is 0 Å². The summed E-state index contributed by atoms with van der Waals surface area (Å²) < 4.78 is 11.7. The standard InChI is InChI=1S/C21H21ClN2O2S/c1-12-18(24-20(27-12)23-16-7-5-15(22)6-8-16)13-9-14-11-21(2,3)26-19(14)17(10-13)25-4/h5-10H,11H2,1-4H3,(H,23,24). The fourth-order valence-corrected chi connectivity index (χ4v) is 4.32. The number of fused-ring (bicyclic) bond motifs is 1. The summed E-state index contributed by atoms with van der Waals surface area (Å²) in [6, 6.07) is 11.8. The van der Waals surface area contributed by atoms with Gasteiger partial charge in [-0.3, -0.25) is 0 Å². The molecule has 2 aromatic carbocycles. The van der Waals surface area contributed by atoms with E-state index in [1.54, 1.807) is 18.4 Å². The molecule has 0 amide bonds. The van der Waals surface area contributed by atoms with E-state index in [1.807, 2.05) is 30.3 Å². The summed E-state index contributed by atoms with van der Waals surface area (Å²) >= 11 is 7.58. The van der Waals surface area contributed by atoms with Crippen LogP contribution < -0.4 is 14.8 Å². The lowest BCUT2D eigenvalue weighted by atomic mass is 9.99. The lowest BCUT2D eigenvalue weighted by Gasteiger charge is -2.17. The topological polar surface area (TPSA) is 43.4 Å². The molecule has 27 heavy (non-hydrogen) atoms. The van der Waals surface area contributed by atoms with Crippen molar-refractivity contribution >= 4 is 33.8 Å². The van der Waals surface area contributed by atoms with Crippen molar-refractivity contribution in [2.24, 2.45) is 0 Å². The minimum Gasteiger partial charge on any atom is -0.493 e. The predicted molar refractivity (Wildman–Crippen MR) is 112 cm³/mol. The first-order chi connectivity index (χ1) is 12.8. The second-order valence-corrected chi connectivity index (χ2v) is 8.90. The number of methoxy groups -OCH3 is 1. The van der Waals surface area contributed by atoms with Crippen LogP contribution in [0.25, 0.3) is 11.3 Å². The molecule has 1 aromatic heterocycles. The first kappa shape index (κ1) is 18.1. The van der Waals surface area contributed by atoms with E-state index in [0.717, 1.165) is 50.4 Å². The molecule has 0 fully saturated rings. The number of halogens is 1. The number of hydrogen-bond donors (Lipinski definition) is 1. The Morgan fingerprint density at radius 3 is 2.67 bits per heavy atom. The molecule has 0 radical (unpaired) electrons. The molecule has 0 unspecified atom stereocenters. The number of thiazole rings is 1. The Balaban J connectivity index is 1.68. The van der Waals surface area contributed by atoms with Crippen molar-refractivity contribution in [2.75, 3.05) is 12.4 Å². The highest BCUT2D eigenvalue weighted by Gasteiger charge is 2.33. The normalized spacial score (nSPS) is 14.6. The molecule has 140 valence electrons. The molecule has 1 aliphatic rings. The van der Waals surface area contributed by atoms with Crippen molar-refractivity contribution in [3.63, 3.8) is 0 Å². The summed E-state index contributed by atoms with van der Waals surface area (Å²) in [7, 11) is 1.68. The minimum atomic E-state index is -0.216. The van der Waals surface area contributed by atoms with Gasteiger partial charge in [-0.1, -0.05) is 11.6 Å². The molecular weight excluding hydrogens is 380 g/mol. The van der Waals surface area contributed by atoms with Crippen molar-refractivity contribution in [2.45, 2.75) is 32.8 Å². The van der Waals surface area contributed by atoms with Crippen LogP contribution in [0.15, 0.2) is 36.4 Å². The van der Waals surface area contributed by atoms with Gasteiger partial charge in [0.1, 0.15) is 5.60 Å². The van der Waals surface area contributed by atoms with Crippen LogP contribution in [0.4, 0.5) is 10.8 Å². The van der Waals surface area contributed by atoms with Crippen LogP contribution in [0.2, 0.25) is 5.02 Å². The highest BCUT2D eigenvalue weighted by atomic mass is 35.5. The average molecular weight is 401 g/mol. The van der Waals surface area contributed by atoms with Crippen molar-refractivity contribution in [3.05, 3.63) is 51.9 Å². The molecule has 6 heteroatoms. The maximum atomic E-state index is 6.07. The van der Waals surface area contributed by atoms with Crippen molar-refractivity contribution in [3.8, 4) is 22.8 Å². The Hall–Kier alpha value is -2.24. The van der Waals surface area contributed by atoms with Crippen LogP contribution in [-0.2, 0) is 6.42 Å². The summed E-state index contributed by atoms with van der Waals surface area (Å²) in [4.78, 5) is 5.96. The lowest BCUT2D eigenvalue weighted by molar-refractivity contribution is 0.134. The van der Waals surface area contributed by atoms with Gasteiger partial charge in [-0.2, -0.15) is 0 Å². The number of nitrogens with zero attached hydrogens (tertiary/aromatic N) is 1. The van der Waals surface area contributed by atoms with E-state index >= 15 is 0 Å². The number of anilines is 2. The molecule has 0 saturated heterocycles. The monoisotopic (exact) mass is 400 g/mol. The number of hydrogen-bond acceptors (Lipinski definition) is 5. The van der Waals surface area contributed by atoms with Crippen LogP contribution in [-0.4, -0.2) is 17.7 Å². The van der Waals surface area contributed by atoms with Gasteiger partial charge in [0, 0.05) is 33.1 Å². The molecule has 4 nitrogen and oxygen atoms in total. The van der Waals surface area contributed by atoms with Gasteiger partial charge in [-0.05, 0) is 57.2 Å². The number of ether oxygens (including phenoxy) is 2. The van der Waals surface area contributed by atoms with Gasteiger partial charge < -0.3 is 14.8 Å². The van der Waals surface area contributed by atoms with Gasteiger partial charge >= 0.3 is 0 Å². The Morgan fingerprint density at radius 1 is 1.22 bits per heavy atom. The molecule has 0 saturated carbocycles. The molecule has 0 aliphatic carbocycles. The van der Waals surface area contributed by atoms with Gasteiger partial charge in [-0.25, -0.2) is 4.98 Å². The zero-order valence-electron chi connectivity index (χ0n) is 15.7. The van der Waals surface area contributed by atoms with E-state index in [1.165, 1.54) is 0 Å². The van der Waals surface area contributed by atoms with E-state index < -0.39 is 0 Å². The van der Waals surface area contributed by atoms with Crippen LogP contribution >= 0.6 is 22.9 Å². The minimum absolute atomic E-state index is 0.216. The van der Waals surface area contributed by atoms with Gasteiger partial charge in [0.05, 0.1) is 12.8 Å². The van der Waals surface area contributed by atoms with Crippen LogP contribution in [0.1, 0.15) is 24.3 Å². The van der Waals surface area contributed by atoms with Crippen LogP contribution in [0.5, 0.6) is 11.5 Å². The smallest absolute Gasteiger partial charge is 0.187 e. The summed E-state index contributed by atoms with van der Waals surface area (Å²) in [5, 5.41) is 4.91. The molecular formula is C21H21ClN2O2S. The first-order valence-electron chi connectivity index (χ1n) is 8.75. The van der Waals surface area contributed by atoms with Gasteiger partial charge in [0.2, 0.25) is 0 Å². The van der Waals surface area contributed by atoms with Gasteiger partial charge in [0.15, 0.2) is 16.6 Å². The summed E-state index contributed by atoms with van der Waals surface area (Å²) in [6.45, 7) is 6.27. The molecule has 4 rings (SSSR count). The second-order valence-electron chi connectivity index (χ2n) is 7.26. The first-order valence-corrected chi connectivity index (χ1v) is 9.94.